The van der Waals surface area contributed by atoms with Crippen LogP contribution in [0.1, 0.15) is 25.7 Å². The van der Waals surface area contributed by atoms with Crippen LogP contribution >= 0.6 is 0 Å². The van der Waals surface area contributed by atoms with Crippen LogP contribution in [0.15, 0.2) is 18.7 Å². The average Bonchev–Trinajstić information content (AvgIpc) is 3.15. The van der Waals surface area contributed by atoms with Crippen LogP contribution in [-0.2, 0) is 7.05 Å². The van der Waals surface area contributed by atoms with Crippen molar-refractivity contribution in [3.05, 3.63) is 18.7 Å². The van der Waals surface area contributed by atoms with Gasteiger partial charge < -0.3 is 28.9 Å². The van der Waals surface area contributed by atoms with Gasteiger partial charge in [0, 0.05) is 12.6 Å². The third-order valence-electron chi connectivity index (χ3n) is 3.37. The first-order chi connectivity index (χ1) is 7.74. The van der Waals surface area contributed by atoms with Crippen molar-refractivity contribution >= 4 is 6.03 Å². The first kappa shape index (κ1) is 12.9. The summed E-state index contributed by atoms with van der Waals surface area (Å²) in [4.78, 5) is 14.3. The predicted molar refractivity (Wildman–Crippen MR) is 58.9 cm³/mol. The van der Waals surface area contributed by atoms with Crippen LogP contribution in [0.25, 0.3) is 0 Å². The quantitative estimate of drug-likeness (QED) is 0.467. The van der Waals surface area contributed by atoms with Gasteiger partial charge in [0.1, 0.15) is 12.4 Å². The minimum atomic E-state index is 0. The molecule has 2 saturated carbocycles. The molecule has 1 heterocycles. The average molecular weight is 347 g/mol. The molecule has 2 fully saturated rings. The van der Waals surface area contributed by atoms with Crippen LogP contribution < -0.4 is 28.5 Å². The van der Waals surface area contributed by atoms with Gasteiger partial charge in [0.15, 0.2) is 0 Å². The zero-order valence-electron chi connectivity index (χ0n) is 10.1. The topological polar surface area (TPSA) is 29.1 Å². The molecule has 17 heavy (non-hydrogen) atoms. The summed E-state index contributed by atoms with van der Waals surface area (Å²) < 4.78 is 3.60. The maximum atomic E-state index is 12.3. The summed E-state index contributed by atoms with van der Waals surface area (Å²) in [5, 5.41) is 0. The number of hydrogen-bond donors (Lipinski definition) is 0. The lowest BCUT2D eigenvalue weighted by Crippen LogP contribution is -3.00. The van der Waals surface area contributed by atoms with Gasteiger partial charge in [-0.15, -0.1) is 0 Å². The van der Waals surface area contributed by atoms with Crippen molar-refractivity contribution in [2.24, 2.45) is 13.0 Å². The fourth-order valence-corrected chi connectivity index (χ4v) is 2.06. The molecule has 1 aromatic heterocycles. The number of aromatic nitrogens is 2. The lowest BCUT2D eigenvalue weighted by molar-refractivity contribution is -0.670. The first-order valence-corrected chi connectivity index (χ1v) is 6.08. The Hall–Kier alpha value is -0.590. The molecule has 1 amide bonds. The van der Waals surface area contributed by atoms with Gasteiger partial charge in [0.2, 0.25) is 0 Å². The monoisotopic (exact) mass is 347 g/mol. The minimum Gasteiger partial charge on any atom is -1.00 e. The normalized spacial score (nSPS) is 18.6. The van der Waals surface area contributed by atoms with E-state index in [1.165, 1.54) is 25.7 Å². The van der Waals surface area contributed by atoms with E-state index in [4.69, 9.17) is 0 Å². The highest BCUT2D eigenvalue weighted by Crippen LogP contribution is 2.35. The number of nitrogens with zero attached hydrogens (tertiary/aromatic N) is 3. The number of carbonyl (C=O) groups excluding carboxylic acids is 1. The number of aryl methyl sites for hydroxylation is 1. The van der Waals surface area contributed by atoms with Crippen LogP contribution in [0.3, 0.4) is 0 Å². The Balaban J connectivity index is 0.00000108. The molecular formula is C12H18IN3O. The van der Waals surface area contributed by atoms with Gasteiger partial charge in [-0.25, -0.2) is 9.36 Å². The van der Waals surface area contributed by atoms with E-state index in [9.17, 15) is 4.79 Å². The van der Waals surface area contributed by atoms with Gasteiger partial charge in [-0.1, -0.05) is 0 Å². The van der Waals surface area contributed by atoms with Crippen molar-refractivity contribution in [1.82, 2.24) is 9.47 Å². The van der Waals surface area contributed by atoms with Gasteiger partial charge in [0.05, 0.1) is 7.05 Å². The molecule has 3 rings (SSSR count). The maximum absolute atomic E-state index is 12.3. The maximum Gasteiger partial charge on any atom is 0.416 e. The lowest BCUT2D eigenvalue weighted by atomic mass is 10.3. The molecule has 2 aliphatic rings. The Kier molecular flexibility index (Phi) is 3.75. The molecule has 0 bridgehead atoms. The number of rotatable bonds is 3. The van der Waals surface area contributed by atoms with E-state index in [-0.39, 0.29) is 30.0 Å². The van der Waals surface area contributed by atoms with Gasteiger partial charge in [-0.2, -0.15) is 4.57 Å². The van der Waals surface area contributed by atoms with E-state index in [0.29, 0.717) is 6.04 Å². The molecule has 0 spiro atoms. The number of amides is 1. The molecule has 4 nitrogen and oxygen atoms in total. The molecule has 0 aromatic carbocycles. The van der Waals surface area contributed by atoms with Crippen LogP contribution in [0.2, 0.25) is 0 Å². The van der Waals surface area contributed by atoms with Crippen LogP contribution in [-0.4, -0.2) is 28.1 Å². The van der Waals surface area contributed by atoms with Gasteiger partial charge in [-0.3, -0.25) is 0 Å². The van der Waals surface area contributed by atoms with E-state index in [1.54, 1.807) is 4.57 Å². The van der Waals surface area contributed by atoms with Crippen molar-refractivity contribution in [1.29, 1.82) is 0 Å². The number of hydrogen-bond acceptors (Lipinski definition) is 1. The summed E-state index contributed by atoms with van der Waals surface area (Å²) >= 11 is 0. The third-order valence-corrected chi connectivity index (χ3v) is 3.37. The zero-order valence-corrected chi connectivity index (χ0v) is 12.2. The summed E-state index contributed by atoms with van der Waals surface area (Å²) in [6.07, 6.45) is 10.6. The molecule has 5 heteroatoms. The Morgan fingerprint density at radius 3 is 2.59 bits per heavy atom. The number of carbonyl (C=O) groups is 1. The van der Waals surface area contributed by atoms with E-state index in [0.717, 1.165) is 12.5 Å². The fourth-order valence-electron chi connectivity index (χ4n) is 2.06. The van der Waals surface area contributed by atoms with Gasteiger partial charge in [-0.05, 0) is 31.6 Å². The Morgan fingerprint density at radius 2 is 2.12 bits per heavy atom. The summed E-state index contributed by atoms with van der Waals surface area (Å²) in [5.41, 5.74) is 0. The zero-order chi connectivity index (χ0) is 11.1. The molecule has 2 aliphatic carbocycles. The molecule has 0 aliphatic heterocycles. The van der Waals surface area contributed by atoms with Crippen LogP contribution in [0.5, 0.6) is 0 Å². The molecule has 0 unspecified atom stereocenters. The SMILES string of the molecule is C[n+]1ccn(C(=O)N(CC2CC2)C2CC2)c1.[I-]. The Bertz CT molecular complexity index is 410. The first-order valence-electron chi connectivity index (χ1n) is 6.08. The van der Waals surface area contributed by atoms with E-state index in [2.05, 4.69) is 4.90 Å². The number of halogens is 1. The van der Waals surface area contributed by atoms with Gasteiger partial charge >= 0.3 is 6.03 Å². The highest BCUT2D eigenvalue weighted by Gasteiger charge is 2.38. The van der Waals surface area contributed by atoms with E-state index >= 15 is 0 Å². The van der Waals surface area contributed by atoms with Crippen LogP contribution in [0, 0.1) is 5.92 Å². The molecule has 94 valence electrons. The van der Waals surface area contributed by atoms with E-state index in [1.807, 2.05) is 30.3 Å². The molecule has 0 N–H and O–H groups in total. The number of imidazole rings is 1. The summed E-state index contributed by atoms with van der Waals surface area (Å²) in [5.74, 6) is 0.772. The highest BCUT2D eigenvalue weighted by molar-refractivity contribution is 5.77. The highest BCUT2D eigenvalue weighted by atomic mass is 127. The molecule has 0 atom stereocenters. The Labute approximate surface area is 119 Å². The smallest absolute Gasteiger partial charge is 0.416 e. The molecule has 0 saturated heterocycles. The second-order valence-electron chi connectivity index (χ2n) is 5.10. The second kappa shape index (κ2) is 4.96. The third kappa shape index (κ3) is 3.00. The standard InChI is InChI=1S/C12H18N3O.HI/c1-13-6-7-14(9-13)12(16)15(11-4-5-11)8-10-2-3-10;/h6-7,9-11H,2-5,8H2,1H3;1H/q+1;/p-1. The predicted octanol–water partition coefficient (Wildman–Crippen LogP) is -1.84. The largest absolute Gasteiger partial charge is 1.00 e. The minimum absolute atomic E-state index is 0. The van der Waals surface area contributed by atoms with Crippen molar-refractivity contribution in [2.75, 3.05) is 6.54 Å². The van der Waals surface area contributed by atoms with E-state index < -0.39 is 0 Å². The summed E-state index contributed by atoms with van der Waals surface area (Å²) in [6, 6.07) is 0.663. The van der Waals surface area contributed by atoms with Crippen molar-refractivity contribution in [2.45, 2.75) is 31.7 Å². The molecule has 1 aromatic rings. The van der Waals surface area contributed by atoms with Gasteiger partial charge in [0.25, 0.3) is 6.33 Å². The Morgan fingerprint density at radius 1 is 1.41 bits per heavy atom. The summed E-state index contributed by atoms with van der Waals surface area (Å²) in [7, 11) is 1.94. The van der Waals surface area contributed by atoms with Crippen LogP contribution in [0.4, 0.5) is 4.79 Å². The molecule has 0 radical (unpaired) electrons. The molecular weight excluding hydrogens is 329 g/mol. The van der Waals surface area contributed by atoms with Crippen molar-refractivity contribution in [3.63, 3.8) is 0 Å². The van der Waals surface area contributed by atoms with Crippen molar-refractivity contribution in [3.8, 4) is 0 Å². The second-order valence-corrected chi connectivity index (χ2v) is 5.10. The lowest BCUT2D eigenvalue weighted by Gasteiger charge is -2.18. The summed E-state index contributed by atoms with van der Waals surface area (Å²) in [6.45, 7) is 0.964. The fraction of sp³-hybridized carbons (Fsp3) is 0.667. The van der Waals surface area contributed by atoms with Crippen molar-refractivity contribution < 1.29 is 33.3 Å².